The highest BCUT2D eigenvalue weighted by atomic mass is 15.3. The number of anilines is 1. The van der Waals surface area contributed by atoms with Crippen LogP contribution in [0, 0.1) is 6.92 Å². The Morgan fingerprint density at radius 2 is 1.85 bits per heavy atom. The van der Waals surface area contributed by atoms with Gasteiger partial charge in [0.2, 0.25) is 0 Å². The molecular formula is C15H19N5. The Morgan fingerprint density at radius 3 is 2.55 bits per heavy atom. The van der Waals surface area contributed by atoms with Crippen LogP contribution < -0.4 is 4.90 Å². The highest BCUT2D eigenvalue weighted by molar-refractivity contribution is 5.37. The van der Waals surface area contributed by atoms with Gasteiger partial charge in [-0.3, -0.25) is 9.88 Å². The Bertz CT molecular complexity index is 549. The van der Waals surface area contributed by atoms with Crippen LogP contribution in [0.25, 0.3) is 0 Å². The minimum atomic E-state index is 0.983. The molecule has 0 aromatic carbocycles. The molecule has 104 valence electrons. The van der Waals surface area contributed by atoms with Crippen molar-refractivity contribution in [3.05, 3.63) is 48.2 Å². The largest absolute Gasteiger partial charge is 0.354 e. The van der Waals surface area contributed by atoms with E-state index in [1.807, 2.05) is 18.5 Å². The van der Waals surface area contributed by atoms with Gasteiger partial charge in [-0.05, 0) is 30.2 Å². The number of aryl methyl sites for hydroxylation is 1. The normalized spacial score (nSPS) is 16.4. The molecule has 0 atom stereocenters. The lowest BCUT2D eigenvalue weighted by Gasteiger charge is -2.35. The average Bonchev–Trinajstić information content (AvgIpc) is 2.51. The van der Waals surface area contributed by atoms with Gasteiger partial charge in [-0.25, -0.2) is 9.97 Å². The number of pyridine rings is 1. The van der Waals surface area contributed by atoms with Crippen LogP contribution in [0.4, 0.5) is 5.82 Å². The molecule has 0 unspecified atom stereocenters. The molecule has 3 heterocycles. The molecule has 1 fully saturated rings. The molecule has 1 aliphatic rings. The summed E-state index contributed by atoms with van der Waals surface area (Å²) in [5, 5.41) is 0. The second-order valence-electron chi connectivity index (χ2n) is 5.13. The van der Waals surface area contributed by atoms with Gasteiger partial charge in [-0.15, -0.1) is 0 Å². The molecule has 5 heteroatoms. The van der Waals surface area contributed by atoms with Crippen LogP contribution in [0.15, 0.2) is 37.1 Å². The Hall–Kier alpha value is -2.01. The molecule has 2 aromatic heterocycles. The second-order valence-corrected chi connectivity index (χ2v) is 5.13. The maximum absolute atomic E-state index is 4.31. The lowest BCUT2D eigenvalue weighted by atomic mass is 10.1. The lowest BCUT2D eigenvalue weighted by molar-refractivity contribution is 0.248. The molecule has 1 saturated heterocycles. The monoisotopic (exact) mass is 269 g/mol. The molecule has 1 aliphatic heterocycles. The molecule has 0 N–H and O–H groups in total. The smallest absolute Gasteiger partial charge is 0.131 e. The maximum Gasteiger partial charge on any atom is 0.131 e. The van der Waals surface area contributed by atoms with Gasteiger partial charge in [0.05, 0.1) is 0 Å². The van der Waals surface area contributed by atoms with E-state index in [0.29, 0.717) is 0 Å². The van der Waals surface area contributed by atoms with E-state index < -0.39 is 0 Å². The number of hydrogen-bond acceptors (Lipinski definition) is 5. The molecule has 2 aromatic rings. The van der Waals surface area contributed by atoms with Gasteiger partial charge in [0, 0.05) is 51.3 Å². The van der Waals surface area contributed by atoms with E-state index in [4.69, 9.17) is 0 Å². The third-order valence-electron chi connectivity index (χ3n) is 3.80. The number of aromatic nitrogens is 3. The number of piperazine rings is 1. The van der Waals surface area contributed by atoms with Crippen molar-refractivity contribution in [2.45, 2.75) is 13.5 Å². The van der Waals surface area contributed by atoms with E-state index in [1.165, 1.54) is 11.1 Å². The molecule has 0 aliphatic carbocycles. The van der Waals surface area contributed by atoms with E-state index in [-0.39, 0.29) is 0 Å². The zero-order chi connectivity index (χ0) is 13.8. The SMILES string of the molecule is Cc1ccncc1CN1CCN(c2ccncn2)CC1. The maximum atomic E-state index is 4.31. The van der Waals surface area contributed by atoms with Gasteiger partial charge < -0.3 is 4.90 Å². The van der Waals surface area contributed by atoms with Gasteiger partial charge >= 0.3 is 0 Å². The van der Waals surface area contributed by atoms with Crippen molar-refractivity contribution in [3.8, 4) is 0 Å². The van der Waals surface area contributed by atoms with Crippen molar-refractivity contribution in [1.29, 1.82) is 0 Å². The molecule has 0 bridgehead atoms. The number of rotatable bonds is 3. The Kier molecular flexibility index (Phi) is 3.87. The van der Waals surface area contributed by atoms with Crippen molar-refractivity contribution in [1.82, 2.24) is 19.9 Å². The Labute approximate surface area is 119 Å². The van der Waals surface area contributed by atoms with Gasteiger partial charge in [0.1, 0.15) is 12.1 Å². The van der Waals surface area contributed by atoms with Gasteiger partial charge in [-0.1, -0.05) is 0 Å². The zero-order valence-electron chi connectivity index (χ0n) is 11.7. The van der Waals surface area contributed by atoms with Gasteiger partial charge in [-0.2, -0.15) is 0 Å². The average molecular weight is 269 g/mol. The highest BCUT2D eigenvalue weighted by Gasteiger charge is 2.18. The van der Waals surface area contributed by atoms with Crippen molar-refractivity contribution in [2.24, 2.45) is 0 Å². The molecule has 5 nitrogen and oxygen atoms in total. The fourth-order valence-corrected chi connectivity index (χ4v) is 2.51. The predicted molar refractivity (Wildman–Crippen MR) is 78.5 cm³/mol. The summed E-state index contributed by atoms with van der Waals surface area (Å²) in [6.07, 6.45) is 7.24. The summed E-state index contributed by atoms with van der Waals surface area (Å²) in [5.41, 5.74) is 2.64. The molecule has 20 heavy (non-hydrogen) atoms. The van der Waals surface area contributed by atoms with Crippen molar-refractivity contribution in [2.75, 3.05) is 31.1 Å². The van der Waals surface area contributed by atoms with Gasteiger partial charge in [0.25, 0.3) is 0 Å². The third kappa shape index (κ3) is 2.93. The zero-order valence-corrected chi connectivity index (χ0v) is 11.7. The summed E-state index contributed by atoms with van der Waals surface area (Å²) in [6, 6.07) is 4.05. The summed E-state index contributed by atoms with van der Waals surface area (Å²) in [4.78, 5) is 17.3. The first-order chi connectivity index (χ1) is 9.83. The fraction of sp³-hybridized carbons (Fsp3) is 0.400. The summed E-state index contributed by atoms with van der Waals surface area (Å²) >= 11 is 0. The summed E-state index contributed by atoms with van der Waals surface area (Å²) < 4.78 is 0. The Balaban J connectivity index is 1.58. The van der Waals surface area contributed by atoms with Gasteiger partial charge in [0.15, 0.2) is 0 Å². The first kappa shape index (κ1) is 13.0. The number of nitrogens with zero attached hydrogens (tertiary/aromatic N) is 5. The van der Waals surface area contributed by atoms with Crippen LogP contribution in [0.3, 0.4) is 0 Å². The molecule has 0 saturated carbocycles. The highest BCUT2D eigenvalue weighted by Crippen LogP contribution is 2.14. The molecule has 3 rings (SSSR count). The first-order valence-electron chi connectivity index (χ1n) is 6.96. The standard InChI is InChI=1S/C15H19N5/c1-13-2-4-16-10-14(13)11-19-6-8-20(9-7-19)15-3-5-17-12-18-15/h2-5,10,12H,6-9,11H2,1H3. The second kappa shape index (κ2) is 5.96. The minimum absolute atomic E-state index is 0.983. The van der Waals surface area contributed by atoms with Crippen LogP contribution in [0.2, 0.25) is 0 Å². The van der Waals surface area contributed by atoms with E-state index >= 15 is 0 Å². The van der Waals surface area contributed by atoms with Crippen LogP contribution in [0.1, 0.15) is 11.1 Å². The van der Waals surface area contributed by atoms with E-state index in [1.54, 1.807) is 12.5 Å². The van der Waals surface area contributed by atoms with Crippen LogP contribution in [0.5, 0.6) is 0 Å². The molecule has 0 spiro atoms. The molecule has 0 amide bonds. The third-order valence-corrected chi connectivity index (χ3v) is 3.80. The van der Waals surface area contributed by atoms with Crippen LogP contribution in [-0.2, 0) is 6.54 Å². The first-order valence-corrected chi connectivity index (χ1v) is 6.96. The van der Waals surface area contributed by atoms with E-state index in [0.717, 1.165) is 38.5 Å². The van der Waals surface area contributed by atoms with Crippen molar-refractivity contribution in [3.63, 3.8) is 0 Å². The minimum Gasteiger partial charge on any atom is -0.354 e. The fourth-order valence-electron chi connectivity index (χ4n) is 2.51. The van der Waals surface area contributed by atoms with Crippen LogP contribution >= 0.6 is 0 Å². The quantitative estimate of drug-likeness (QED) is 0.845. The lowest BCUT2D eigenvalue weighted by Crippen LogP contribution is -2.46. The summed E-state index contributed by atoms with van der Waals surface area (Å²) in [5.74, 6) is 1.03. The summed E-state index contributed by atoms with van der Waals surface area (Å²) in [6.45, 7) is 7.26. The molecular weight excluding hydrogens is 250 g/mol. The van der Waals surface area contributed by atoms with Crippen LogP contribution in [-0.4, -0.2) is 46.0 Å². The molecule has 0 radical (unpaired) electrons. The summed E-state index contributed by atoms with van der Waals surface area (Å²) in [7, 11) is 0. The van der Waals surface area contributed by atoms with Crippen molar-refractivity contribution >= 4 is 5.82 Å². The van der Waals surface area contributed by atoms with Crippen molar-refractivity contribution < 1.29 is 0 Å². The van der Waals surface area contributed by atoms with E-state index in [2.05, 4.69) is 37.7 Å². The predicted octanol–water partition coefficient (Wildman–Crippen LogP) is 1.50. The Morgan fingerprint density at radius 1 is 1.05 bits per heavy atom. The van der Waals surface area contributed by atoms with E-state index in [9.17, 15) is 0 Å². The topological polar surface area (TPSA) is 45.2 Å². The number of hydrogen-bond donors (Lipinski definition) is 0.